The van der Waals surface area contributed by atoms with Crippen LogP contribution in [0.15, 0.2) is 12.1 Å². The van der Waals surface area contributed by atoms with Gasteiger partial charge in [0.05, 0.1) is 6.61 Å². The molecular weight excluding hydrogens is 398 g/mol. The van der Waals surface area contributed by atoms with E-state index in [-0.39, 0.29) is 11.9 Å². The zero-order chi connectivity index (χ0) is 22.3. The molecule has 30 heavy (non-hydrogen) atoms. The van der Waals surface area contributed by atoms with Crippen LogP contribution in [0.1, 0.15) is 51.4 Å². The Morgan fingerprint density at radius 1 is 1.33 bits per heavy atom. The fourth-order valence-electron chi connectivity index (χ4n) is 3.03. The molecular formula is C22H39N5O2S. The van der Waals surface area contributed by atoms with Crippen molar-refractivity contribution in [1.82, 2.24) is 10.3 Å². The lowest BCUT2D eigenvalue weighted by atomic mass is 10.2. The lowest BCUT2D eigenvalue weighted by molar-refractivity contribution is 0.0890. The third kappa shape index (κ3) is 8.70. The number of nitrogens with one attached hydrogen (secondary N) is 2. The summed E-state index contributed by atoms with van der Waals surface area (Å²) in [5.74, 6) is 3.27. The van der Waals surface area contributed by atoms with Crippen LogP contribution in [0.25, 0.3) is 0 Å². The minimum atomic E-state index is -0.234. The van der Waals surface area contributed by atoms with Crippen LogP contribution in [0.2, 0.25) is 0 Å². The van der Waals surface area contributed by atoms with Gasteiger partial charge < -0.3 is 25.4 Å². The zero-order valence-corrected chi connectivity index (χ0v) is 20.1. The van der Waals surface area contributed by atoms with Crippen LogP contribution in [-0.4, -0.2) is 55.5 Å². The lowest BCUT2D eigenvalue weighted by Gasteiger charge is -2.21. The maximum Gasteiger partial charge on any atom is 0.251 e. The second kappa shape index (κ2) is 11.8. The summed E-state index contributed by atoms with van der Waals surface area (Å²) < 4.78 is 7.58. The van der Waals surface area contributed by atoms with Gasteiger partial charge in [-0.1, -0.05) is 34.6 Å². The molecule has 7 nitrogen and oxygen atoms in total. The molecule has 1 amide bonds. The number of hydrogen-bond donors (Lipinski definition) is 3. The zero-order valence-electron chi connectivity index (χ0n) is 19.3. The van der Waals surface area contributed by atoms with Crippen molar-refractivity contribution in [2.75, 3.05) is 43.0 Å². The smallest absolute Gasteiger partial charge is 0.251 e. The second-order valence-electron chi connectivity index (χ2n) is 9.01. The Morgan fingerprint density at radius 2 is 2.03 bits per heavy atom. The quantitative estimate of drug-likeness (QED) is 0.407. The fraction of sp³-hybridized carbons (Fsp3) is 0.727. The van der Waals surface area contributed by atoms with E-state index >= 15 is 0 Å². The minimum absolute atomic E-state index is 0.149. The van der Waals surface area contributed by atoms with E-state index in [9.17, 15) is 4.79 Å². The molecule has 8 heteroatoms. The number of rotatable bonds is 13. The van der Waals surface area contributed by atoms with Crippen molar-refractivity contribution in [3.63, 3.8) is 0 Å². The van der Waals surface area contributed by atoms with E-state index in [2.05, 4.69) is 45.3 Å². The average molecular weight is 438 g/mol. The van der Waals surface area contributed by atoms with Crippen molar-refractivity contribution in [3.05, 3.63) is 17.7 Å². The van der Waals surface area contributed by atoms with Crippen molar-refractivity contribution in [1.29, 1.82) is 0 Å². The molecule has 0 aromatic carbocycles. The summed E-state index contributed by atoms with van der Waals surface area (Å²) in [5.41, 5.74) is 6.66. The van der Waals surface area contributed by atoms with E-state index in [1.165, 1.54) is 6.42 Å². The molecule has 0 spiro atoms. The Bertz CT molecular complexity index is 685. The van der Waals surface area contributed by atoms with Gasteiger partial charge in [-0.25, -0.2) is 4.98 Å². The van der Waals surface area contributed by atoms with Crippen LogP contribution in [0.3, 0.4) is 0 Å². The largest absolute Gasteiger partial charge is 0.380 e. The standard InChI is InChI=1S/C22H39N5O2S/c1-14(2)12-29-13-19(23)11-25-22(28)17-8-20(24-10-18-7-16(18)5)26-21(9-17)27(6)30-15(3)4/h8-9,14-16,18-19H,7,10-13,23H2,1-6H3,(H,24,26)(H,25,28)/t16-,18+,19?/m0/s1. The monoisotopic (exact) mass is 437 g/mol. The van der Waals surface area contributed by atoms with E-state index < -0.39 is 0 Å². The molecule has 1 aromatic rings. The molecule has 1 aliphatic carbocycles. The van der Waals surface area contributed by atoms with Crippen molar-refractivity contribution >= 4 is 29.5 Å². The van der Waals surface area contributed by atoms with Crippen LogP contribution in [0.4, 0.5) is 11.6 Å². The predicted molar refractivity (Wildman–Crippen MR) is 127 cm³/mol. The summed E-state index contributed by atoms with van der Waals surface area (Å²) in [6.45, 7) is 13.1. The minimum Gasteiger partial charge on any atom is -0.380 e. The number of nitrogens with two attached hydrogens (primary N) is 1. The van der Waals surface area contributed by atoms with Gasteiger partial charge in [-0.05, 0) is 48.3 Å². The first-order chi connectivity index (χ1) is 14.2. The molecule has 1 unspecified atom stereocenters. The molecule has 0 bridgehead atoms. The maximum atomic E-state index is 12.8. The van der Waals surface area contributed by atoms with Crippen molar-refractivity contribution in [3.8, 4) is 0 Å². The Labute approximate surface area is 186 Å². The number of pyridine rings is 1. The first kappa shape index (κ1) is 24.8. The normalized spacial score (nSPS) is 19.1. The Morgan fingerprint density at radius 3 is 2.63 bits per heavy atom. The first-order valence-electron chi connectivity index (χ1n) is 10.9. The maximum absolute atomic E-state index is 12.8. The summed E-state index contributed by atoms with van der Waals surface area (Å²) in [4.78, 5) is 17.5. The van der Waals surface area contributed by atoms with Crippen LogP contribution in [0.5, 0.6) is 0 Å². The highest BCUT2D eigenvalue weighted by atomic mass is 32.2. The number of carbonyl (C=O) groups excluding carboxylic acids is 1. The van der Waals surface area contributed by atoms with Crippen molar-refractivity contribution in [2.45, 2.75) is 52.3 Å². The fourth-order valence-corrected chi connectivity index (χ4v) is 3.86. The molecule has 0 aliphatic heterocycles. The van der Waals surface area contributed by atoms with Gasteiger partial charge >= 0.3 is 0 Å². The Hall–Kier alpha value is -1.51. The number of amides is 1. The summed E-state index contributed by atoms with van der Waals surface area (Å²) >= 11 is 1.68. The lowest BCUT2D eigenvalue weighted by Crippen LogP contribution is -2.40. The van der Waals surface area contributed by atoms with Crippen LogP contribution in [0, 0.1) is 17.8 Å². The van der Waals surface area contributed by atoms with Gasteiger partial charge in [0.15, 0.2) is 0 Å². The predicted octanol–water partition coefficient (Wildman–Crippen LogP) is 3.37. The van der Waals surface area contributed by atoms with Gasteiger partial charge in [0.25, 0.3) is 5.91 Å². The van der Waals surface area contributed by atoms with Gasteiger partial charge in [0.1, 0.15) is 11.6 Å². The Balaban J connectivity index is 2.01. The van der Waals surface area contributed by atoms with E-state index in [0.717, 1.165) is 24.1 Å². The van der Waals surface area contributed by atoms with Crippen LogP contribution >= 0.6 is 11.9 Å². The molecule has 1 aliphatic rings. The molecule has 1 fully saturated rings. The summed E-state index contributed by atoms with van der Waals surface area (Å²) in [7, 11) is 1.98. The van der Waals surface area contributed by atoms with E-state index in [1.807, 2.05) is 23.5 Å². The number of anilines is 2. The molecule has 1 saturated carbocycles. The van der Waals surface area contributed by atoms with E-state index in [0.29, 0.717) is 42.4 Å². The second-order valence-corrected chi connectivity index (χ2v) is 10.7. The van der Waals surface area contributed by atoms with Crippen molar-refractivity contribution < 1.29 is 9.53 Å². The van der Waals surface area contributed by atoms with Gasteiger partial charge in [0, 0.05) is 43.6 Å². The molecule has 2 rings (SSSR count). The third-order valence-electron chi connectivity index (χ3n) is 4.90. The number of nitrogens with zero attached hydrogens (tertiary/aromatic N) is 2. The number of aromatic nitrogens is 1. The van der Waals surface area contributed by atoms with Crippen molar-refractivity contribution in [2.24, 2.45) is 23.5 Å². The van der Waals surface area contributed by atoms with Gasteiger partial charge in [-0.15, -0.1) is 0 Å². The SMILES string of the molecule is CC(C)COCC(N)CNC(=O)c1cc(NC[C@H]2C[C@@H]2C)nc(N(C)SC(C)C)c1. The molecule has 3 atom stereocenters. The molecule has 0 saturated heterocycles. The molecule has 1 aromatic heterocycles. The molecule has 0 radical (unpaired) electrons. The van der Waals surface area contributed by atoms with Gasteiger partial charge in [0.2, 0.25) is 0 Å². The summed E-state index contributed by atoms with van der Waals surface area (Å²) in [6.07, 6.45) is 1.25. The van der Waals surface area contributed by atoms with Crippen LogP contribution < -0.4 is 20.7 Å². The first-order valence-corrected chi connectivity index (χ1v) is 11.8. The summed E-state index contributed by atoms with van der Waals surface area (Å²) in [6, 6.07) is 3.42. The van der Waals surface area contributed by atoms with Gasteiger partial charge in [-0.2, -0.15) is 0 Å². The Kier molecular flexibility index (Phi) is 9.71. The number of ether oxygens (including phenoxy) is 1. The molecule has 4 N–H and O–H groups in total. The summed E-state index contributed by atoms with van der Waals surface area (Å²) in [5, 5.41) is 6.76. The van der Waals surface area contributed by atoms with Crippen LogP contribution in [-0.2, 0) is 4.74 Å². The van der Waals surface area contributed by atoms with Gasteiger partial charge in [-0.3, -0.25) is 4.79 Å². The highest BCUT2D eigenvalue weighted by molar-refractivity contribution is 8.01. The highest BCUT2D eigenvalue weighted by Gasteiger charge is 2.32. The highest BCUT2D eigenvalue weighted by Crippen LogP contribution is 2.37. The molecule has 1 heterocycles. The topological polar surface area (TPSA) is 92.5 Å². The van der Waals surface area contributed by atoms with E-state index in [4.69, 9.17) is 15.5 Å². The third-order valence-corrected chi connectivity index (χ3v) is 5.82. The average Bonchev–Trinajstić information content (AvgIpc) is 3.38. The molecule has 170 valence electrons. The number of hydrogen-bond acceptors (Lipinski definition) is 7. The number of carbonyl (C=O) groups is 1. The van der Waals surface area contributed by atoms with E-state index in [1.54, 1.807) is 11.9 Å².